The molecule has 2 rings (SSSR count). The highest BCUT2D eigenvalue weighted by molar-refractivity contribution is 6.20. The minimum atomic E-state index is -0.582. The second-order valence-corrected chi connectivity index (χ2v) is 4.21. The lowest BCUT2D eigenvalue weighted by Gasteiger charge is -2.11. The quantitative estimate of drug-likeness (QED) is 0.690. The maximum absolute atomic E-state index is 11.5. The zero-order valence-electron chi connectivity index (χ0n) is 9.80. The van der Waals surface area contributed by atoms with E-state index in [1.165, 1.54) is 19.1 Å². The molecule has 0 saturated carbocycles. The summed E-state index contributed by atoms with van der Waals surface area (Å²) in [5.74, 6) is -1.04. The molecule has 0 saturated heterocycles. The molecule has 1 aromatic rings. The zero-order chi connectivity index (χ0) is 13.3. The smallest absolute Gasteiger partial charge is 0.259 e. The van der Waals surface area contributed by atoms with Crippen molar-refractivity contribution in [3.8, 4) is 5.75 Å². The third-order valence-corrected chi connectivity index (χ3v) is 2.85. The maximum atomic E-state index is 11.5. The summed E-state index contributed by atoms with van der Waals surface area (Å²) in [6, 6.07) is 5.86. The van der Waals surface area contributed by atoms with Gasteiger partial charge in [-0.1, -0.05) is 12.1 Å². The number of carbonyl (C=O) groups is 2. The van der Waals surface area contributed by atoms with Gasteiger partial charge in [-0.05, 0) is 31.0 Å². The van der Waals surface area contributed by atoms with Gasteiger partial charge in [-0.25, -0.2) is 0 Å². The SMILES string of the molecule is CC(=O)C1=C(O)[C@H](Cc2ccc(O)cc2)NC1=O. The highest BCUT2D eigenvalue weighted by Crippen LogP contribution is 2.20. The number of aromatic hydroxyl groups is 1. The molecule has 0 aromatic heterocycles. The number of hydrogen-bond donors (Lipinski definition) is 3. The summed E-state index contributed by atoms with van der Waals surface area (Å²) in [4.78, 5) is 22.7. The topological polar surface area (TPSA) is 86.6 Å². The fourth-order valence-electron chi connectivity index (χ4n) is 1.94. The molecule has 5 heteroatoms. The van der Waals surface area contributed by atoms with Crippen LogP contribution >= 0.6 is 0 Å². The number of Topliss-reactive ketones (excluding diaryl/α,β-unsaturated/α-hetero) is 1. The summed E-state index contributed by atoms with van der Waals surface area (Å²) < 4.78 is 0. The summed E-state index contributed by atoms with van der Waals surface area (Å²) in [7, 11) is 0. The fourth-order valence-corrected chi connectivity index (χ4v) is 1.94. The molecule has 1 heterocycles. The van der Waals surface area contributed by atoms with Gasteiger partial charge in [-0.3, -0.25) is 9.59 Å². The largest absolute Gasteiger partial charge is 0.509 e. The molecule has 0 radical (unpaired) electrons. The average molecular weight is 247 g/mol. The van der Waals surface area contributed by atoms with E-state index in [1.54, 1.807) is 12.1 Å². The lowest BCUT2D eigenvalue weighted by molar-refractivity contribution is -0.121. The van der Waals surface area contributed by atoms with Crippen molar-refractivity contribution >= 4 is 11.7 Å². The van der Waals surface area contributed by atoms with E-state index >= 15 is 0 Å². The number of carbonyl (C=O) groups excluding carboxylic acids is 2. The Balaban J connectivity index is 2.19. The summed E-state index contributed by atoms with van der Waals surface area (Å²) in [6.45, 7) is 1.24. The molecule has 94 valence electrons. The van der Waals surface area contributed by atoms with Crippen LogP contribution in [-0.4, -0.2) is 27.9 Å². The van der Waals surface area contributed by atoms with E-state index in [0.717, 1.165) is 5.56 Å². The van der Waals surface area contributed by atoms with Crippen LogP contribution in [0, 0.1) is 0 Å². The second-order valence-electron chi connectivity index (χ2n) is 4.21. The van der Waals surface area contributed by atoms with Gasteiger partial charge >= 0.3 is 0 Å². The zero-order valence-corrected chi connectivity index (χ0v) is 9.80. The summed E-state index contributed by atoms with van der Waals surface area (Å²) in [5.41, 5.74) is 0.674. The summed E-state index contributed by atoms with van der Waals surface area (Å²) in [5, 5.41) is 21.5. The van der Waals surface area contributed by atoms with E-state index in [-0.39, 0.29) is 17.1 Å². The van der Waals surface area contributed by atoms with Gasteiger partial charge in [-0.2, -0.15) is 0 Å². The van der Waals surface area contributed by atoms with Crippen LogP contribution in [0.4, 0.5) is 0 Å². The molecule has 1 aliphatic rings. The lowest BCUT2D eigenvalue weighted by atomic mass is 10.0. The highest BCUT2D eigenvalue weighted by Gasteiger charge is 2.33. The van der Waals surface area contributed by atoms with Crippen molar-refractivity contribution < 1.29 is 19.8 Å². The number of hydrogen-bond acceptors (Lipinski definition) is 4. The van der Waals surface area contributed by atoms with Crippen LogP contribution in [0.5, 0.6) is 5.75 Å². The van der Waals surface area contributed by atoms with E-state index < -0.39 is 17.7 Å². The molecule has 1 atom stereocenters. The standard InChI is InChI=1S/C13H13NO4/c1-7(15)11-12(17)10(14-13(11)18)6-8-2-4-9(16)5-3-8/h2-5,10,16-17H,6H2,1H3,(H,14,18)/t10-/m0/s1. The number of nitrogens with one attached hydrogen (secondary N) is 1. The third-order valence-electron chi connectivity index (χ3n) is 2.85. The van der Waals surface area contributed by atoms with Crippen molar-refractivity contribution in [2.75, 3.05) is 0 Å². The molecule has 1 amide bonds. The molecule has 0 fully saturated rings. The first-order valence-electron chi connectivity index (χ1n) is 5.52. The number of rotatable bonds is 3. The Morgan fingerprint density at radius 1 is 1.28 bits per heavy atom. The normalized spacial score (nSPS) is 18.9. The first kappa shape index (κ1) is 12.2. The van der Waals surface area contributed by atoms with Gasteiger partial charge in [0.2, 0.25) is 0 Å². The molecule has 0 unspecified atom stereocenters. The molecule has 5 nitrogen and oxygen atoms in total. The van der Waals surface area contributed by atoms with E-state index in [0.29, 0.717) is 6.42 Å². The van der Waals surface area contributed by atoms with E-state index in [4.69, 9.17) is 5.11 Å². The molecular weight excluding hydrogens is 234 g/mol. The van der Waals surface area contributed by atoms with Gasteiger partial charge in [0.1, 0.15) is 17.1 Å². The van der Waals surface area contributed by atoms with Gasteiger partial charge in [-0.15, -0.1) is 0 Å². The Labute approximate surface area is 104 Å². The maximum Gasteiger partial charge on any atom is 0.259 e. The Hall–Kier alpha value is -2.30. The first-order chi connectivity index (χ1) is 8.49. The number of aliphatic hydroxyl groups is 1. The van der Waals surface area contributed by atoms with Gasteiger partial charge < -0.3 is 15.5 Å². The average Bonchev–Trinajstić information content (AvgIpc) is 2.57. The van der Waals surface area contributed by atoms with Crippen molar-refractivity contribution in [1.29, 1.82) is 0 Å². The molecule has 3 N–H and O–H groups in total. The second kappa shape index (κ2) is 4.52. The number of ketones is 1. The molecule has 0 aliphatic carbocycles. The molecule has 0 bridgehead atoms. The Morgan fingerprint density at radius 3 is 2.39 bits per heavy atom. The van der Waals surface area contributed by atoms with Crippen molar-refractivity contribution in [3.63, 3.8) is 0 Å². The van der Waals surface area contributed by atoms with E-state index in [1.807, 2.05) is 0 Å². The van der Waals surface area contributed by atoms with Crippen LogP contribution in [0.3, 0.4) is 0 Å². The number of benzene rings is 1. The number of aliphatic hydroxyl groups excluding tert-OH is 1. The predicted molar refractivity (Wildman–Crippen MR) is 64.1 cm³/mol. The van der Waals surface area contributed by atoms with Gasteiger partial charge in [0.15, 0.2) is 5.78 Å². The van der Waals surface area contributed by atoms with Crippen molar-refractivity contribution in [2.24, 2.45) is 0 Å². The van der Waals surface area contributed by atoms with Gasteiger partial charge in [0, 0.05) is 0 Å². The van der Waals surface area contributed by atoms with Crippen molar-refractivity contribution in [2.45, 2.75) is 19.4 Å². The number of phenolic OH excluding ortho intramolecular Hbond substituents is 1. The Morgan fingerprint density at radius 2 is 1.89 bits per heavy atom. The number of phenols is 1. The Bertz CT molecular complexity index is 530. The van der Waals surface area contributed by atoms with Crippen LogP contribution in [0.2, 0.25) is 0 Å². The lowest BCUT2D eigenvalue weighted by Crippen LogP contribution is -2.31. The third kappa shape index (κ3) is 2.20. The first-order valence-corrected chi connectivity index (χ1v) is 5.52. The van der Waals surface area contributed by atoms with Crippen LogP contribution in [0.15, 0.2) is 35.6 Å². The minimum Gasteiger partial charge on any atom is -0.509 e. The molecule has 0 spiro atoms. The molecule has 18 heavy (non-hydrogen) atoms. The summed E-state index contributed by atoms with van der Waals surface area (Å²) >= 11 is 0. The van der Waals surface area contributed by atoms with Crippen LogP contribution in [-0.2, 0) is 16.0 Å². The van der Waals surface area contributed by atoms with E-state index in [9.17, 15) is 14.7 Å². The van der Waals surface area contributed by atoms with Crippen LogP contribution < -0.4 is 5.32 Å². The van der Waals surface area contributed by atoms with Gasteiger partial charge in [0.05, 0.1) is 6.04 Å². The molecule has 1 aromatic carbocycles. The van der Waals surface area contributed by atoms with E-state index in [2.05, 4.69) is 5.32 Å². The monoisotopic (exact) mass is 247 g/mol. The fraction of sp³-hybridized carbons (Fsp3) is 0.231. The molecular formula is C13H13NO4. The van der Waals surface area contributed by atoms with Crippen LogP contribution in [0.1, 0.15) is 12.5 Å². The minimum absolute atomic E-state index is 0.151. The Kier molecular flexibility index (Phi) is 3.06. The van der Waals surface area contributed by atoms with Crippen LogP contribution in [0.25, 0.3) is 0 Å². The summed E-state index contributed by atoms with van der Waals surface area (Å²) in [6.07, 6.45) is 0.370. The van der Waals surface area contributed by atoms with Crippen molar-refractivity contribution in [3.05, 3.63) is 41.2 Å². The molecule has 1 aliphatic heterocycles. The van der Waals surface area contributed by atoms with Gasteiger partial charge in [0.25, 0.3) is 5.91 Å². The highest BCUT2D eigenvalue weighted by atomic mass is 16.3. The predicted octanol–water partition coefficient (Wildman–Crippen LogP) is 0.834. The number of amides is 1. The van der Waals surface area contributed by atoms with Crippen molar-refractivity contribution in [1.82, 2.24) is 5.32 Å².